The molecule has 0 aromatic heterocycles. The van der Waals surface area contributed by atoms with E-state index in [1.807, 2.05) is 49.4 Å². The minimum Gasteiger partial charge on any atom is -0.410 e. The Bertz CT molecular complexity index is 623. The van der Waals surface area contributed by atoms with E-state index in [0.29, 0.717) is 5.75 Å². The van der Waals surface area contributed by atoms with Gasteiger partial charge in [-0.1, -0.05) is 54.6 Å². The molecule has 0 saturated carbocycles. The normalized spacial score (nSPS) is 12.5. The number of carbonyl (C=O) groups excluding carboxylic acids is 1. The Labute approximate surface area is 130 Å². The summed E-state index contributed by atoms with van der Waals surface area (Å²) in [7, 11) is 0. The summed E-state index contributed by atoms with van der Waals surface area (Å²) in [5.74, 6) is 0.464. The van der Waals surface area contributed by atoms with Crippen LogP contribution in [-0.2, 0) is 0 Å². The van der Waals surface area contributed by atoms with Gasteiger partial charge in [0.1, 0.15) is 5.75 Å². The number of hydrogen-bond donors (Lipinski definition) is 2. The van der Waals surface area contributed by atoms with Gasteiger partial charge in [0.2, 0.25) is 0 Å². The topological polar surface area (TPSA) is 58.6 Å². The molecule has 114 valence electrons. The number of benzene rings is 2. The van der Waals surface area contributed by atoms with Gasteiger partial charge in [-0.3, -0.25) is 0 Å². The molecule has 1 amide bonds. The highest BCUT2D eigenvalue weighted by atomic mass is 16.6. The van der Waals surface area contributed by atoms with E-state index in [9.17, 15) is 9.90 Å². The first kappa shape index (κ1) is 15.8. The molecule has 0 saturated heterocycles. The Morgan fingerprint density at radius 2 is 1.73 bits per heavy atom. The molecule has 0 radical (unpaired) electrons. The van der Waals surface area contributed by atoms with Crippen LogP contribution in [0.1, 0.15) is 12.5 Å². The molecule has 2 aromatic rings. The standard InChI is InChI=1S/C18H19NO3/c1-14(12-15-8-4-2-5-9-15)17(20)13-19-18(21)22-16-10-6-3-7-11-16/h2-12,17,20H,13H2,1H3,(H,19,21)/b14-12+/t17-/m1/s1. The zero-order chi connectivity index (χ0) is 15.8. The molecule has 22 heavy (non-hydrogen) atoms. The lowest BCUT2D eigenvalue weighted by Gasteiger charge is -2.13. The van der Waals surface area contributed by atoms with Gasteiger partial charge in [-0.2, -0.15) is 0 Å². The molecule has 2 N–H and O–H groups in total. The second kappa shape index (κ2) is 8.00. The van der Waals surface area contributed by atoms with Gasteiger partial charge in [0, 0.05) is 0 Å². The fourth-order valence-electron chi connectivity index (χ4n) is 1.88. The average Bonchev–Trinajstić information content (AvgIpc) is 2.54. The van der Waals surface area contributed by atoms with Crippen molar-refractivity contribution in [3.8, 4) is 5.75 Å². The molecule has 0 bridgehead atoms. The molecule has 0 unspecified atom stereocenters. The van der Waals surface area contributed by atoms with Crippen molar-refractivity contribution in [1.29, 1.82) is 0 Å². The van der Waals surface area contributed by atoms with Crippen LogP contribution in [0.25, 0.3) is 6.08 Å². The number of hydrogen-bond acceptors (Lipinski definition) is 3. The summed E-state index contributed by atoms with van der Waals surface area (Å²) >= 11 is 0. The third-order valence-electron chi connectivity index (χ3n) is 3.11. The molecule has 1 atom stereocenters. The van der Waals surface area contributed by atoms with Gasteiger partial charge in [-0.25, -0.2) is 4.79 Å². The first-order chi connectivity index (χ1) is 10.6. The van der Waals surface area contributed by atoms with Crippen LogP contribution in [0.15, 0.2) is 66.2 Å². The van der Waals surface area contributed by atoms with E-state index in [4.69, 9.17) is 4.74 Å². The van der Waals surface area contributed by atoms with Gasteiger partial charge in [0.05, 0.1) is 12.6 Å². The molecular weight excluding hydrogens is 278 g/mol. The Balaban J connectivity index is 1.83. The lowest BCUT2D eigenvalue weighted by molar-refractivity contribution is 0.180. The van der Waals surface area contributed by atoms with Crippen molar-refractivity contribution in [3.63, 3.8) is 0 Å². The number of carbonyl (C=O) groups is 1. The number of para-hydroxylation sites is 1. The maximum Gasteiger partial charge on any atom is 0.412 e. The van der Waals surface area contributed by atoms with Crippen molar-refractivity contribution < 1.29 is 14.6 Å². The highest BCUT2D eigenvalue weighted by Gasteiger charge is 2.10. The van der Waals surface area contributed by atoms with Gasteiger partial charge in [0.25, 0.3) is 0 Å². The second-order valence-electron chi connectivity index (χ2n) is 4.90. The molecule has 0 spiro atoms. The van der Waals surface area contributed by atoms with E-state index in [1.54, 1.807) is 24.3 Å². The minimum absolute atomic E-state index is 0.0980. The minimum atomic E-state index is -0.761. The van der Waals surface area contributed by atoms with Crippen LogP contribution in [0.3, 0.4) is 0 Å². The van der Waals surface area contributed by atoms with Crippen LogP contribution in [0, 0.1) is 0 Å². The summed E-state index contributed by atoms with van der Waals surface area (Å²) in [5.41, 5.74) is 1.78. The first-order valence-electron chi connectivity index (χ1n) is 7.07. The number of ether oxygens (including phenoxy) is 1. The van der Waals surface area contributed by atoms with E-state index in [-0.39, 0.29) is 6.54 Å². The second-order valence-corrected chi connectivity index (χ2v) is 4.90. The zero-order valence-corrected chi connectivity index (χ0v) is 12.4. The molecule has 2 aromatic carbocycles. The van der Waals surface area contributed by atoms with E-state index in [0.717, 1.165) is 11.1 Å². The summed E-state index contributed by atoms with van der Waals surface area (Å²) in [4.78, 5) is 11.6. The van der Waals surface area contributed by atoms with E-state index < -0.39 is 12.2 Å². The number of rotatable bonds is 5. The van der Waals surface area contributed by atoms with Crippen LogP contribution in [-0.4, -0.2) is 23.8 Å². The Morgan fingerprint density at radius 3 is 2.36 bits per heavy atom. The Kier molecular flexibility index (Phi) is 5.74. The highest BCUT2D eigenvalue weighted by Crippen LogP contribution is 2.10. The predicted octanol–water partition coefficient (Wildman–Crippen LogP) is 3.24. The molecule has 4 heteroatoms. The highest BCUT2D eigenvalue weighted by molar-refractivity contribution is 5.70. The monoisotopic (exact) mass is 297 g/mol. The summed E-state index contributed by atoms with van der Waals surface area (Å²) in [6, 6.07) is 18.5. The Morgan fingerprint density at radius 1 is 1.14 bits per heavy atom. The van der Waals surface area contributed by atoms with Gasteiger partial charge >= 0.3 is 6.09 Å². The molecular formula is C18H19NO3. The third kappa shape index (κ3) is 5.07. The molecule has 4 nitrogen and oxygen atoms in total. The van der Waals surface area contributed by atoms with Crippen LogP contribution >= 0.6 is 0 Å². The molecule has 2 rings (SSSR count). The van der Waals surface area contributed by atoms with Crippen molar-refractivity contribution in [3.05, 3.63) is 71.8 Å². The average molecular weight is 297 g/mol. The zero-order valence-electron chi connectivity index (χ0n) is 12.4. The molecule has 0 fully saturated rings. The quantitative estimate of drug-likeness (QED) is 0.890. The smallest absolute Gasteiger partial charge is 0.410 e. The van der Waals surface area contributed by atoms with Gasteiger partial charge in [-0.05, 0) is 30.2 Å². The summed E-state index contributed by atoms with van der Waals surface area (Å²) in [6.07, 6.45) is 0.538. The Hall–Kier alpha value is -2.59. The van der Waals surface area contributed by atoms with Crippen molar-refractivity contribution in [2.75, 3.05) is 6.54 Å². The fraction of sp³-hybridized carbons (Fsp3) is 0.167. The van der Waals surface area contributed by atoms with Crippen LogP contribution in [0.2, 0.25) is 0 Å². The molecule has 0 aliphatic heterocycles. The number of amides is 1. The molecule has 0 aliphatic rings. The van der Waals surface area contributed by atoms with E-state index >= 15 is 0 Å². The van der Waals surface area contributed by atoms with Crippen LogP contribution in [0.5, 0.6) is 5.75 Å². The predicted molar refractivity (Wildman–Crippen MR) is 86.6 cm³/mol. The third-order valence-corrected chi connectivity index (χ3v) is 3.11. The van der Waals surface area contributed by atoms with Crippen LogP contribution < -0.4 is 10.1 Å². The van der Waals surface area contributed by atoms with E-state index in [1.165, 1.54) is 0 Å². The number of aliphatic hydroxyl groups is 1. The van der Waals surface area contributed by atoms with Crippen LogP contribution in [0.4, 0.5) is 4.79 Å². The summed E-state index contributed by atoms with van der Waals surface area (Å²) in [5, 5.41) is 12.6. The van der Waals surface area contributed by atoms with Crippen molar-refractivity contribution >= 4 is 12.2 Å². The van der Waals surface area contributed by atoms with Gasteiger partial charge in [-0.15, -0.1) is 0 Å². The lowest BCUT2D eigenvalue weighted by Crippen LogP contribution is -2.34. The SMILES string of the molecule is C/C(=C\c1ccccc1)[C@H](O)CNC(=O)Oc1ccccc1. The molecule has 0 heterocycles. The fourth-order valence-corrected chi connectivity index (χ4v) is 1.88. The summed E-state index contributed by atoms with van der Waals surface area (Å²) < 4.78 is 5.08. The largest absolute Gasteiger partial charge is 0.412 e. The van der Waals surface area contributed by atoms with E-state index in [2.05, 4.69) is 5.32 Å². The maximum absolute atomic E-state index is 11.6. The number of nitrogens with one attached hydrogen (secondary N) is 1. The van der Waals surface area contributed by atoms with Crippen molar-refractivity contribution in [1.82, 2.24) is 5.32 Å². The summed E-state index contributed by atoms with van der Waals surface area (Å²) in [6.45, 7) is 1.92. The van der Waals surface area contributed by atoms with Gasteiger partial charge < -0.3 is 15.2 Å². The van der Waals surface area contributed by atoms with Gasteiger partial charge in [0.15, 0.2) is 0 Å². The van der Waals surface area contributed by atoms with Crippen molar-refractivity contribution in [2.24, 2.45) is 0 Å². The lowest BCUT2D eigenvalue weighted by atomic mass is 10.1. The van der Waals surface area contributed by atoms with Crippen molar-refractivity contribution in [2.45, 2.75) is 13.0 Å². The maximum atomic E-state index is 11.6. The first-order valence-corrected chi connectivity index (χ1v) is 7.07. The molecule has 0 aliphatic carbocycles. The number of aliphatic hydroxyl groups excluding tert-OH is 1.